The molecule has 0 bridgehead atoms. The Morgan fingerprint density at radius 1 is 1.11 bits per heavy atom. The van der Waals surface area contributed by atoms with Crippen molar-refractivity contribution in [2.24, 2.45) is 5.92 Å². The van der Waals surface area contributed by atoms with E-state index in [0.717, 1.165) is 5.69 Å². The van der Waals surface area contributed by atoms with E-state index in [0.29, 0.717) is 18.0 Å². The van der Waals surface area contributed by atoms with Crippen LogP contribution in [0.1, 0.15) is 57.6 Å². The molecule has 1 aromatic carbocycles. The van der Waals surface area contributed by atoms with Crippen molar-refractivity contribution in [3.63, 3.8) is 0 Å². The molecule has 1 unspecified atom stereocenters. The van der Waals surface area contributed by atoms with Crippen LogP contribution in [0, 0.1) is 5.92 Å². The maximum Gasteiger partial charge on any atom is 0.0366 e. The molecule has 1 atom stereocenters. The highest BCUT2D eigenvalue weighted by Gasteiger charge is 2.22. The van der Waals surface area contributed by atoms with E-state index in [1.165, 1.54) is 37.7 Å². The van der Waals surface area contributed by atoms with Gasteiger partial charge in [0.15, 0.2) is 0 Å². The summed E-state index contributed by atoms with van der Waals surface area (Å²) in [5.74, 6) is 0.566. The minimum absolute atomic E-state index is 0.384. The Morgan fingerprint density at radius 2 is 1.78 bits per heavy atom. The molecular weight excluding hydrogens is 220 g/mol. The minimum atomic E-state index is 0.384. The van der Waals surface area contributed by atoms with Crippen LogP contribution in [-0.2, 0) is 0 Å². The van der Waals surface area contributed by atoms with Gasteiger partial charge < -0.3 is 11.1 Å². The number of hydrogen-bond acceptors (Lipinski definition) is 2. The molecule has 1 saturated carbocycles. The van der Waals surface area contributed by atoms with E-state index in [2.05, 4.69) is 31.3 Å². The fourth-order valence-electron chi connectivity index (χ4n) is 2.96. The maximum absolute atomic E-state index is 6.12. The molecule has 3 N–H and O–H groups in total. The van der Waals surface area contributed by atoms with E-state index in [9.17, 15) is 0 Å². The summed E-state index contributed by atoms with van der Waals surface area (Å²) in [6, 6.07) is 9.32. The second kappa shape index (κ2) is 6.24. The van der Waals surface area contributed by atoms with Gasteiger partial charge in [-0.15, -0.1) is 0 Å². The molecule has 2 heteroatoms. The van der Waals surface area contributed by atoms with Gasteiger partial charge in [-0.05, 0) is 30.4 Å². The van der Waals surface area contributed by atoms with Gasteiger partial charge in [-0.3, -0.25) is 0 Å². The SMILES string of the molecule is CC(C)C(NC1CCCCC1)c1ccccc1N. The van der Waals surface area contributed by atoms with Crippen LogP contribution < -0.4 is 11.1 Å². The third-order valence-corrected chi connectivity index (χ3v) is 4.02. The van der Waals surface area contributed by atoms with E-state index in [-0.39, 0.29) is 0 Å². The summed E-state index contributed by atoms with van der Waals surface area (Å²) in [5, 5.41) is 3.83. The highest BCUT2D eigenvalue weighted by Crippen LogP contribution is 2.29. The number of hydrogen-bond donors (Lipinski definition) is 2. The highest BCUT2D eigenvalue weighted by atomic mass is 15.0. The van der Waals surface area contributed by atoms with Gasteiger partial charge in [-0.2, -0.15) is 0 Å². The predicted octanol–water partition coefficient (Wildman–Crippen LogP) is 3.89. The molecule has 100 valence electrons. The van der Waals surface area contributed by atoms with Crippen molar-refractivity contribution in [3.05, 3.63) is 29.8 Å². The summed E-state index contributed by atoms with van der Waals surface area (Å²) in [7, 11) is 0. The zero-order valence-electron chi connectivity index (χ0n) is 11.7. The number of benzene rings is 1. The van der Waals surface area contributed by atoms with Crippen molar-refractivity contribution in [2.45, 2.75) is 58.0 Å². The van der Waals surface area contributed by atoms with Crippen LogP contribution in [-0.4, -0.2) is 6.04 Å². The lowest BCUT2D eigenvalue weighted by Gasteiger charge is -2.31. The minimum Gasteiger partial charge on any atom is -0.398 e. The summed E-state index contributed by atoms with van der Waals surface area (Å²) >= 11 is 0. The number of rotatable bonds is 4. The first-order valence-electron chi connectivity index (χ1n) is 7.29. The van der Waals surface area contributed by atoms with E-state index < -0.39 is 0 Å². The quantitative estimate of drug-likeness (QED) is 0.791. The van der Waals surface area contributed by atoms with Gasteiger partial charge >= 0.3 is 0 Å². The Morgan fingerprint density at radius 3 is 2.39 bits per heavy atom. The first kappa shape index (κ1) is 13.4. The zero-order chi connectivity index (χ0) is 13.0. The second-order valence-corrected chi connectivity index (χ2v) is 5.85. The smallest absolute Gasteiger partial charge is 0.0366 e. The first-order valence-corrected chi connectivity index (χ1v) is 7.29. The lowest BCUT2D eigenvalue weighted by molar-refractivity contribution is 0.301. The van der Waals surface area contributed by atoms with Gasteiger partial charge in [0.05, 0.1) is 0 Å². The molecule has 18 heavy (non-hydrogen) atoms. The summed E-state index contributed by atoms with van der Waals surface area (Å²) in [5.41, 5.74) is 8.30. The van der Waals surface area contributed by atoms with Crippen LogP contribution in [0.25, 0.3) is 0 Å². The van der Waals surface area contributed by atoms with Crippen LogP contribution >= 0.6 is 0 Å². The standard InChI is InChI=1S/C16H26N2/c1-12(2)16(14-10-6-7-11-15(14)17)18-13-8-4-3-5-9-13/h6-7,10-13,16,18H,3-5,8-9,17H2,1-2H3. The monoisotopic (exact) mass is 246 g/mol. The third-order valence-electron chi connectivity index (χ3n) is 4.02. The molecule has 0 aliphatic heterocycles. The molecule has 0 amide bonds. The molecule has 0 heterocycles. The Balaban J connectivity index is 2.10. The summed E-state index contributed by atoms with van der Waals surface area (Å²) in [6.45, 7) is 4.54. The van der Waals surface area contributed by atoms with Crippen molar-refractivity contribution >= 4 is 5.69 Å². The van der Waals surface area contributed by atoms with Crippen LogP contribution in [0.15, 0.2) is 24.3 Å². The molecule has 2 rings (SSSR count). The van der Waals surface area contributed by atoms with Crippen molar-refractivity contribution < 1.29 is 0 Å². The highest BCUT2D eigenvalue weighted by molar-refractivity contribution is 5.48. The van der Waals surface area contributed by atoms with Crippen LogP contribution in [0.2, 0.25) is 0 Å². The Bertz CT molecular complexity index is 367. The van der Waals surface area contributed by atoms with Crippen LogP contribution in [0.4, 0.5) is 5.69 Å². The van der Waals surface area contributed by atoms with Gasteiger partial charge in [-0.1, -0.05) is 51.3 Å². The Labute approximate surface area is 111 Å². The van der Waals surface area contributed by atoms with Crippen molar-refractivity contribution in [2.75, 3.05) is 5.73 Å². The first-order chi connectivity index (χ1) is 8.68. The van der Waals surface area contributed by atoms with E-state index in [4.69, 9.17) is 5.73 Å². The van der Waals surface area contributed by atoms with Gasteiger partial charge in [0.2, 0.25) is 0 Å². The van der Waals surface area contributed by atoms with Crippen LogP contribution in [0.3, 0.4) is 0 Å². The molecular formula is C16H26N2. The topological polar surface area (TPSA) is 38.0 Å². The number of nitrogens with one attached hydrogen (secondary N) is 1. The van der Waals surface area contributed by atoms with E-state index >= 15 is 0 Å². The van der Waals surface area contributed by atoms with Crippen molar-refractivity contribution in [3.8, 4) is 0 Å². The van der Waals surface area contributed by atoms with Crippen molar-refractivity contribution in [1.82, 2.24) is 5.32 Å². The third kappa shape index (κ3) is 3.26. The summed E-state index contributed by atoms with van der Waals surface area (Å²) in [6.07, 6.45) is 6.77. The molecule has 0 radical (unpaired) electrons. The molecule has 0 saturated heterocycles. The fraction of sp³-hybridized carbons (Fsp3) is 0.625. The number of anilines is 1. The zero-order valence-corrected chi connectivity index (χ0v) is 11.7. The predicted molar refractivity (Wildman–Crippen MR) is 78.4 cm³/mol. The number of para-hydroxylation sites is 1. The maximum atomic E-state index is 6.12. The average molecular weight is 246 g/mol. The second-order valence-electron chi connectivity index (χ2n) is 5.85. The van der Waals surface area contributed by atoms with Gasteiger partial charge in [0.1, 0.15) is 0 Å². The van der Waals surface area contributed by atoms with E-state index in [1.54, 1.807) is 0 Å². The molecule has 0 aromatic heterocycles. The Kier molecular flexibility index (Phi) is 4.65. The largest absolute Gasteiger partial charge is 0.398 e. The van der Waals surface area contributed by atoms with Gasteiger partial charge in [-0.25, -0.2) is 0 Å². The normalized spacial score (nSPS) is 19.1. The van der Waals surface area contributed by atoms with Crippen molar-refractivity contribution in [1.29, 1.82) is 0 Å². The number of nitrogens with two attached hydrogens (primary N) is 1. The molecule has 1 aliphatic rings. The molecule has 1 aliphatic carbocycles. The van der Waals surface area contributed by atoms with Gasteiger partial charge in [0.25, 0.3) is 0 Å². The molecule has 2 nitrogen and oxygen atoms in total. The number of nitrogen functional groups attached to an aromatic ring is 1. The lowest BCUT2D eigenvalue weighted by atomic mass is 9.90. The fourth-order valence-corrected chi connectivity index (χ4v) is 2.96. The summed E-state index contributed by atoms with van der Waals surface area (Å²) < 4.78 is 0. The molecule has 1 fully saturated rings. The Hall–Kier alpha value is -1.02. The molecule has 0 spiro atoms. The van der Waals surface area contributed by atoms with Crippen LogP contribution in [0.5, 0.6) is 0 Å². The lowest BCUT2D eigenvalue weighted by Crippen LogP contribution is -2.37. The average Bonchev–Trinajstić information content (AvgIpc) is 2.38. The summed E-state index contributed by atoms with van der Waals surface area (Å²) in [4.78, 5) is 0. The van der Waals surface area contributed by atoms with E-state index in [1.807, 2.05) is 12.1 Å². The van der Waals surface area contributed by atoms with Gasteiger partial charge in [0, 0.05) is 17.8 Å². The molecule has 1 aromatic rings.